The molecule has 0 aliphatic carbocycles. The minimum Gasteiger partial charge on any atom is -0.350 e. The third-order valence-corrected chi connectivity index (χ3v) is 3.80. The highest BCUT2D eigenvalue weighted by Crippen LogP contribution is 2.16. The number of carbonyl (C=O) groups excluding carboxylic acids is 2. The molecule has 0 unspecified atom stereocenters. The Bertz CT molecular complexity index is 742. The normalized spacial score (nSPS) is 11.9. The summed E-state index contributed by atoms with van der Waals surface area (Å²) in [5, 5.41) is 5.65. The van der Waals surface area contributed by atoms with Gasteiger partial charge in [-0.15, -0.1) is 0 Å². The second kappa shape index (κ2) is 8.44. The maximum absolute atomic E-state index is 12.3. The van der Waals surface area contributed by atoms with E-state index in [0.717, 1.165) is 11.1 Å². The second-order valence-electron chi connectivity index (χ2n) is 6.44. The zero-order chi connectivity index (χ0) is 18.4. The lowest BCUT2D eigenvalue weighted by molar-refractivity contribution is -0.117. The van der Waals surface area contributed by atoms with Gasteiger partial charge in [0.15, 0.2) is 0 Å². The molecule has 5 nitrogen and oxygen atoms in total. The molecule has 0 aromatic heterocycles. The number of anilines is 1. The Hall–Kier alpha value is -2.66. The molecule has 0 spiro atoms. The number of benzene rings is 2. The number of carbonyl (C=O) groups is 2. The van der Waals surface area contributed by atoms with Crippen LogP contribution in [0.3, 0.4) is 0 Å². The van der Waals surface area contributed by atoms with Gasteiger partial charge in [-0.25, -0.2) is 0 Å². The summed E-state index contributed by atoms with van der Waals surface area (Å²) in [4.78, 5) is 24.6. The smallest absolute Gasteiger partial charge is 0.251 e. The highest BCUT2D eigenvalue weighted by molar-refractivity contribution is 5.99. The van der Waals surface area contributed by atoms with Crippen LogP contribution in [0.1, 0.15) is 35.3 Å². The Morgan fingerprint density at radius 2 is 1.76 bits per heavy atom. The molecule has 0 fully saturated rings. The molecule has 132 valence electrons. The lowest BCUT2D eigenvalue weighted by Crippen LogP contribution is -2.37. The molecule has 2 aromatic rings. The highest BCUT2D eigenvalue weighted by atomic mass is 16.2. The molecule has 25 heavy (non-hydrogen) atoms. The van der Waals surface area contributed by atoms with Crippen molar-refractivity contribution in [2.75, 3.05) is 5.32 Å². The minimum absolute atomic E-state index is 0.0458. The van der Waals surface area contributed by atoms with Crippen molar-refractivity contribution in [2.45, 2.75) is 39.3 Å². The van der Waals surface area contributed by atoms with Crippen molar-refractivity contribution in [3.8, 4) is 0 Å². The fourth-order valence-corrected chi connectivity index (χ4v) is 2.48. The van der Waals surface area contributed by atoms with E-state index >= 15 is 0 Å². The number of rotatable bonds is 6. The van der Waals surface area contributed by atoms with E-state index in [9.17, 15) is 9.59 Å². The van der Waals surface area contributed by atoms with Crippen molar-refractivity contribution in [3.05, 3.63) is 65.2 Å². The van der Waals surface area contributed by atoms with Crippen LogP contribution >= 0.6 is 0 Å². The van der Waals surface area contributed by atoms with Gasteiger partial charge in [0.25, 0.3) is 5.91 Å². The highest BCUT2D eigenvalue weighted by Gasteiger charge is 2.16. The summed E-state index contributed by atoms with van der Waals surface area (Å²) in [6, 6.07) is 14.3. The van der Waals surface area contributed by atoms with Crippen LogP contribution in [-0.4, -0.2) is 23.9 Å². The first-order chi connectivity index (χ1) is 11.9. The fraction of sp³-hybridized carbons (Fsp3) is 0.300. The quantitative estimate of drug-likeness (QED) is 0.756. The van der Waals surface area contributed by atoms with Gasteiger partial charge in [-0.05, 0) is 50.5 Å². The number of amides is 2. The van der Waals surface area contributed by atoms with E-state index in [1.54, 1.807) is 12.1 Å². The van der Waals surface area contributed by atoms with Crippen LogP contribution in [0.25, 0.3) is 0 Å². The van der Waals surface area contributed by atoms with Gasteiger partial charge in [0.05, 0.1) is 6.04 Å². The predicted molar refractivity (Wildman–Crippen MR) is 101 cm³/mol. The molecule has 0 bridgehead atoms. The van der Waals surface area contributed by atoms with Crippen LogP contribution < -0.4 is 16.4 Å². The maximum atomic E-state index is 12.3. The number of nitrogens with one attached hydrogen (secondary N) is 2. The third kappa shape index (κ3) is 5.43. The van der Waals surface area contributed by atoms with Gasteiger partial charge in [0, 0.05) is 17.3 Å². The van der Waals surface area contributed by atoms with E-state index in [0.29, 0.717) is 17.7 Å². The molecule has 0 saturated heterocycles. The molecule has 1 atom stereocenters. The summed E-state index contributed by atoms with van der Waals surface area (Å²) in [7, 11) is 0. The average molecular weight is 339 g/mol. The van der Waals surface area contributed by atoms with Crippen LogP contribution in [-0.2, 0) is 11.2 Å². The molecule has 2 rings (SSSR count). The van der Waals surface area contributed by atoms with Gasteiger partial charge < -0.3 is 16.4 Å². The Kier molecular flexibility index (Phi) is 6.31. The summed E-state index contributed by atoms with van der Waals surface area (Å²) >= 11 is 0. The topological polar surface area (TPSA) is 84.2 Å². The summed E-state index contributed by atoms with van der Waals surface area (Å²) < 4.78 is 0. The van der Waals surface area contributed by atoms with Crippen LogP contribution in [0.5, 0.6) is 0 Å². The lowest BCUT2D eigenvalue weighted by Gasteiger charge is -2.15. The fourth-order valence-electron chi connectivity index (χ4n) is 2.48. The van der Waals surface area contributed by atoms with Gasteiger partial charge in [0.1, 0.15) is 0 Å². The van der Waals surface area contributed by atoms with Gasteiger partial charge in [0.2, 0.25) is 5.91 Å². The first-order valence-corrected chi connectivity index (χ1v) is 8.38. The predicted octanol–water partition coefficient (Wildman–Crippen LogP) is 2.64. The van der Waals surface area contributed by atoms with Crippen LogP contribution in [0.15, 0.2) is 48.5 Å². The van der Waals surface area contributed by atoms with Gasteiger partial charge >= 0.3 is 0 Å². The van der Waals surface area contributed by atoms with E-state index in [1.807, 2.05) is 57.2 Å². The Balaban J connectivity index is 2.06. The monoisotopic (exact) mass is 339 g/mol. The number of aryl methyl sites for hydroxylation is 1. The zero-order valence-corrected chi connectivity index (χ0v) is 14.9. The minimum atomic E-state index is -0.656. The van der Waals surface area contributed by atoms with Crippen molar-refractivity contribution in [3.63, 3.8) is 0 Å². The molecular weight excluding hydrogens is 314 g/mol. The molecule has 2 amide bonds. The standard InChI is InChI=1S/C20H25N3O2/c1-13(2)22-19(24)17-12-16(10-9-14(17)3)23-20(25)18(21)11-15-7-5-4-6-8-15/h4-10,12-13,18H,11,21H2,1-3H3,(H,22,24)(H,23,25)/t18-/m0/s1. The summed E-state index contributed by atoms with van der Waals surface area (Å²) in [6.07, 6.45) is 0.458. The van der Waals surface area contributed by atoms with Crippen LogP contribution in [0.4, 0.5) is 5.69 Å². The van der Waals surface area contributed by atoms with Crippen molar-refractivity contribution < 1.29 is 9.59 Å². The summed E-state index contributed by atoms with van der Waals surface area (Å²) in [5.74, 6) is -0.430. The van der Waals surface area contributed by atoms with Gasteiger partial charge in [-0.1, -0.05) is 36.4 Å². The van der Waals surface area contributed by atoms with E-state index < -0.39 is 6.04 Å². The number of nitrogens with two attached hydrogens (primary N) is 1. The van der Waals surface area contributed by atoms with E-state index in [4.69, 9.17) is 5.73 Å². The van der Waals surface area contributed by atoms with Gasteiger partial charge in [-0.2, -0.15) is 0 Å². The first-order valence-electron chi connectivity index (χ1n) is 8.38. The van der Waals surface area contributed by atoms with Crippen molar-refractivity contribution >= 4 is 17.5 Å². The van der Waals surface area contributed by atoms with E-state index in [2.05, 4.69) is 10.6 Å². The molecule has 5 heteroatoms. The summed E-state index contributed by atoms with van der Waals surface area (Å²) in [5.41, 5.74) is 8.96. The molecule has 0 saturated carbocycles. The molecule has 0 aliphatic heterocycles. The van der Waals surface area contributed by atoms with Crippen LogP contribution in [0.2, 0.25) is 0 Å². The van der Waals surface area contributed by atoms with Crippen molar-refractivity contribution in [1.82, 2.24) is 5.32 Å². The van der Waals surface area contributed by atoms with E-state index in [1.165, 1.54) is 0 Å². The molecule has 0 radical (unpaired) electrons. The molecule has 4 N–H and O–H groups in total. The van der Waals surface area contributed by atoms with Crippen molar-refractivity contribution in [2.24, 2.45) is 5.73 Å². The maximum Gasteiger partial charge on any atom is 0.251 e. The van der Waals surface area contributed by atoms with Crippen molar-refractivity contribution in [1.29, 1.82) is 0 Å². The lowest BCUT2D eigenvalue weighted by atomic mass is 10.0. The molecule has 2 aromatic carbocycles. The van der Waals surface area contributed by atoms with E-state index in [-0.39, 0.29) is 17.9 Å². The molecule has 0 heterocycles. The second-order valence-corrected chi connectivity index (χ2v) is 6.44. The molecular formula is C20H25N3O2. The van der Waals surface area contributed by atoms with Crippen LogP contribution in [0, 0.1) is 6.92 Å². The summed E-state index contributed by atoms with van der Waals surface area (Å²) in [6.45, 7) is 5.67. The third-order valence-electron chi connectivity index (χ3n) is 3.80. The van der Waals surface area contributed by atoms with Gasteiger partial charge in [-0.3, -0.25) is 9.59 Å². The number of hydrogen-bond donors (Lipinski definition) is 3. The SMILES string of the molecule is Cc1ccc(NC(=O)[C@@H](N)Cc2ccccc2)cc1C(=O)NC(C)C. The zero-order valence-electron chi connectivity index (χ0n) is 14.9. The molecule has 0 aliphatic rings. The Labute approximate surface area is 148 Å². The Morgan fingerprint density at radius 3 is 2.40 bits per heavy atom. The number of hydrogen-bond acceptors (Lipinski definition) is 3. The largest absolute Gasteiger partial charge is 0.350 e. The first kappa shape index (κ1) is 18.7. The average Bonchev–Trinajstić information content (AvgIpc) is 2.56. The Morgan fingerprint density at radius 1 is 1.08 bits per heavy atom.